The van der Waals surface area contributed by atoms with Crippen molar-refractivity contribution in [3.05, 3.63) is 17.0 Å². The molecular weight excluding hydrogens is 176 g/mol. The summed E-state index contributed by atoms with van der Waals surface area (Å²) < 4.78 is 5.43. The molecule has 2 rings (SSSR count). The molecule has 3 nitrogen and oxygen atoms in total. The maximum Gasteiger partial charge on any atom is 0.143 e. The molecule has 0 radical (unpaired) electrons. The van der Waals surface area contributed by atoms with E-state index < -0.39 is 0 Å². The molecule has 0 saturated heterocycles. The topological polar surface area (TPSA) is 38.1 Å². The number of fused-ring (bicyclic) bond motifs is 1. The van der Waals surface area contributed by atoms with Crippen LogP contribution in [-0.4, -0.2) is 12.2 Å². The Morgan fingerprint density at radius 2 is 2.07 bits per heavy atom. The highest BCUT2D eigenvalue weighted by Crippen LogP contribution is 2.39. The predicted octanol–water partition coefficient (Wildman–Crippen LogP) is 2.39. The number of hydrogen-bond donors (Lipinski definition) is 1. The summed E-state index contributed by atoms with van der Waals surface area (Å²) in [7, 11) is 1.94. The lowest BCUT2D eigenvalue weighted by Gasteiger charge is -2.22. The third-order valence-corrected chi connectivity index (χ3v) is 3.15. The lowest BCUT2D eigenvalue weighted by molar-refractivity contribution is 0.338. The summed E-state index contributed by atoms with van der Waals surface area (Å²) in [4.78, 5) is 0. The molecule has 14 heavy (non-hydrogen) atoms. The van der Waals surface area contributed by atoms with E-state index in [1.807, 2.05) is 7.05 Å². The van der Waals surface area contributed by atoms with Crippen molar-refractivity contribution in [1.82, 2.24) is 10.5 Å². The highest BCUT2D eigenvalue weighted by atomic mass is 16.5. The van der Waals surface area contributed by atoms with Crippen LogP contribution in [0.15, 0.2) is 4.52 Å². The van der Waals surface area contributed by atoms with Crippen molar-refractivity contribution in [3.63, 3.8) is 0 Å². The first-order valence-corrected chi connectivity index (χ1v) is 5.37. The molecule has 0 saturated carbocycles. The first-order chi connectivity index (χ1) is 6.74. The van der Waals surface area contributed by atoms with Crippen LogP contribution in [-0.2, 0) is 6.54 Å². The van der Waals surface area contributed by atoms with Crippen LogP contribution in [0.1, 0.15) is 55.5 Å². The van der Waals surface area contributed by atoms with E-state index in [2.05, 4.69) is 24.3 Å². The molecule has 3 heteroatoms. The SMILES string of the molecule is CNCc1noc2c1C(C)CCC2C. The van der Waals surface area contributed by atoms with Crippen LogP contribution in [0.3, 0.4) is 0 Å². The summed E-state index contributed by atoms with van der Waals surface area (Å²) in [5, 5.41) is 7.28. The second-order valence-corrected chi connectivity index (χ2v) is 4.32. The van der Waals surface area contributed by atoms with Crippen molar-refractivity contribution < 1.29 is 4.52 Å². The summed E-state index contributed by atoms with van der Waals surface area (Å²) in [5.74, 6) is 2.27. The van der Waals surface area contributed by atoms with Crippen LogP contribution in [0.5, 0.6) is 0 Å². The Labute approximate surface area is 84.9 Å². The number of aromatic nitrogens is 1. The fourth-order valence-corrected chi connectivity index (χ4v) is 2.30. The molecule has 1 N–H and O–H groups in total. The van der Waals surface area contributed by atoms with Crippen molar-refractivity contribution in [2.24, 2.45) is 0 Å². The molecule has 1 aromatic rings. The van der Waals surface area contributed by atoms with Crippen molar-refractivity contribution in [2.75, 3.05) is 7.05 Å². The minimum absolute atomic E-state index is 0.541. The van der Waals surface area contributed by atoms with Crippen LogP contribution < -0.4 is 5.32 Å². The average Bonchev–Trinajstić information content (AvgIpc) is 2.58. The van der Waals surface area contributed by atoms with Crippen LogP contribution >= 0.6 is 0 Å². The van der Waals surface area contributed by atoms with Crippen LogP contribution in [0.2, 0.25) is 0 Å². The van der Waals surface area contributed by atoms with Gasteiger partial charge in [-0.25, -0.2) is 0 Å². The second-order valence-electron chi connectivity index (χ2n) is 4.32. The van der Waals surface area contributed by atoms with Gasteiger partial charge in [0.05, 0.1) is 0 Å². The Kier molecular flexibility index (Phi) is 2.59. The normalized spacial score (nSPS) is 26.2. The van der Waals surface area contributed by atoms with Crippen LogP contribution in [0.4, 0.5) is 0 Å². The molecule has 0 bridgehead atoms. The summed E-state index contributed by atoms with van der Waals surface area (Å²) >= 11 is 0. The second kappa shape index (κ2) is 3.73. The molecule has 0 aromatic carbocycles. The van der Waals surface area contributed by atoms with Crippen molar-refractivity contribution in [3.8, 4) is 0 Å². The summed E-state index contributed by atoms with van der Waals surface area (Å²) in [6, 6.07) is 0. The first-order valence-electron chi connectivity index (χ1n) is 5.37. The minimum Gasteiger partial charge on any atom is -0.361 e. The number of hydrogen-bond acceptors (Lipinski definition) is 3. The molecule has 0 aliphatic heterocycles. The van der Waals surface area contributed by atoms with Crippen molar-refractivity contribution >= 4 is 0 Å². The highest BCUT2D eigenvalue weighted by molar-refractivity contribution is 5.31. The molecule has 2 atom stereocenters. The van der Waals surface area contributed by atoms with Gasteiger partial charge in [0.15, 0.2) is 0 Å². The minimum atomic E-state index is 0.541. The van der Waals surface area contributed by atoms with E-state index in [-0.39, 0.29) is 0 Å². The van der Waals surface area contributed by atoms with Gasteiger partial charge in [-0.1, -0.05) is 19.0 Å². The molecule has 1 aromatic heterocycles. The Bertz CT molecular complexity index is 319. The summed E-state index contributed by atoms with van der Waals surface area (Å²) in [5.41, 5.74) is 2.46. The monoisotopic (exact) mass is 194 g/mol. The van der Waals surface area contributed by atoms with E-state index in [0.717, 1.165) is 18.0 Å². The number of nitrogens with one attached hydrogen (secondary N) is 1. The maximum absolute atomic E-state index is 5.43. The molecule has 0 fully saturated rings. The van der Waals surface area contributed by atoms with Gasteiger partial charge >= 0.3 is 0 Å². The fraction of sp³-hybridized carbons (Fsp3) is 0.727. The van der Waals surface area contributed by atoms with E-state index in [9.17, 15) is 0 Å². The predicted molar refractivity (Wildman–Crippen MR) is 55.3 cm³/mol. The molecule has 1 aliphatic rings. The maximum atomic E-state index is 5.43. The molecule has 1 heterocycles. The third kappa shape index (κ3) is 1.46. The molecule has 78 valence electrons. The lowest BCUT2D eigenvalue weighted by Crippen LogP contribution is -2.13. The molecule has 2 unspecified atom stereocenters. The van der Waals surface area contributed by atoms with Gasteiger partial charge in [-0.2, -0.15) is 0 Å². The van der Waals surface area contributed by atoms with Gasteiger partial charge < -0.3 is 9.84 Å². The van der Waals surface area contributed by atoms with E-state index in [0.29, 0.717) is 11.8 Å². The van der Waals surface area contributed by atoms with Gasteiger partial charge in [-0.05, 0) is 25.8 Å². The standard InChI is InChI=1S/C11H18N2O/c1-7-4-5-8(2)11-10(7)9(6-12-3)13-14-11/h7-8,12H,4-6H2,1-3H3. The average molecular weight is 194 g/mol. The Balaban J connectivity index is 2.37. The molecule has 1 aliphatic carbocycles. The number of rotatable bonds is 2. The highest BCUT2D eigenvalue weighted by Gasteiger charge is 2.29. The van der Waals surface area contributed by atoms with Crippen LogP contribution in [0.25, 0.3) is 0 Å². The Morgan fingerprint density at radius 1 is 1.36 bits per heavy atom. The van der Waals surface area contributed by atoms with Crippen LogP contribution in [0, 0.1) is 0 Å². The quantitative estimate of drug-likeness (QED) is 0.785. The third-order valence-electron chi connectivity index (χ3n) is 3.15. The zero-order valence-electron chi connectivity index (χ0n) is 9.13. The summed E-state index contributed by atoms with van der Waals surface area (Å²) in [6.07, 6.45) is 2.48. The van der Waals surface area contributed by atoms with Gasteiger partial charge in [0.1, 0.15) is 11.5 Å². The zero-order chi connectivity index (χ0) is 10.1. The van der Waals surface area contributed by atoms with E-state index >= 15 is 0 Å². The van der Waals surface area contributed by atoms with Gasteiger partial charge in [0, 0.05) is 18.0 Å². The molecular formula is C11H18N2O. The van der Waals surface area contributed by atoms with Gasteiger partial charge in [-0.3, -0.25) is 0 Å². The Morgan fingerprint density at radius 3 is 2.79 bits per heavy atom. The first kappa shape index (κ1) is 9.71. The smallest absolute Gasteiger partial charge is 0.143 e. The largest absolute Gasteiger partial charge is 0.361 e. The van der Waals surface area contributed by atoms with Gasteiger partial charge in [0.25, 0.3) is 0 Å². The molecule has 0 amide bonds. The number of nitrogens with zero attached hydrogens (tertiary/aromatic N) is 1. The molecule has 0 spiro atoms. The van der Waals surface area contributed by atoms with Gasteiger partial charge in [0.2, 0.25) is 0 Å². The fourth-order valence-electron chi connectivity index (χ4n) is 2.30. The van der Waals surface area contributed by atoms with E-state index in [1.54, 1.807) is 0 Å². The van der Waals surface area contributed by atoms with Crippen molar-refractivity contribution in [2.45, 2.75) is 45.1 Å². The zero-order valence-corrected chi connectivity index (χ0v) is 9.13. The van der Waals surface area contributed by atoms with Gasteiger partial charge in [-0.15, -0.1) is 0 Å². The Hall–Kier alpha value is -0.830. The lowest BCUT2D eigenvalue weighted by atomic mass is 9.82. The summed E-state index contributed by atoms with van der Waals surface area (Å²) in [6.45, 7) is 5.30. The van der Waals surface area contributed by atoms with E-state index in [4.69, 9.17) is 4.52 Å². The van der Waals surface area contributed by atoms with Crippen molar-refractivity contribution in [1.29, 1.82) is 0 Å². The van der Waals surface area contributed by atoms with E-state index in [1.165, 1.54) is 18.4 Å².